The molecule has 1 aliphatic rings. The number of benzene rings is 4. The van der Waals surface area contributed by atoms with Crippen LogP contribution in [0.25, 0.3) is 0 Å². The minimum atomic E-state index is -0.687. The minimum Gasteiger partial charge on any atom is -0.273 e. The van der Waals surface area contributed by atoms with E-state index in [1.807, 2.05) is 60.7 Å². The molecule has 0 saturated heterocycles. The molecule has 0 saturated carbocycles. The number of hydrogen-bond acceptors (Lipinski definition) is 5. The van der Waals surface area contributed by atoms with Gasteiger partial charge >= 0.3 is 0 Å². The molecule has 1 aliphatic heterocycles. The van der Waals surface area contributed by atoms with E-state index in [4.69, 9.17) is 0 Å². The molecule has 5 rings (SSSR count). The molecular formula is C28H19N3O4. The van der Waals surface area contributed by atoms with Crippen molar-refractivity contribution in [1.29, 1.82) is 0 Å². The summed E-state index contributed by atoms with van der Waals surface area (Å²) in [7, 11) is 0. The highest BCUT2D eigenvalue weighted by atomic mass is 16.6. The second-order valence-electron chi connectivity index (χ2n) is 7.98. The lowest BCUT2D eigenvalue weighted by Gasteiger charge is -2.23. The maximum atomic E-state index is 14.0. The summed E-state index contributed by atoms with van der Waals surface area (Å²) in [4.78, 5) is 43.7. The van der Waals surface area contributed by atoms with Gasteiger partial charge in [-0.3, -0.25) is 19.7 Å². The fourth-order valence-electron chi connectivity index (χ4n) is 4.20. The Kier molecular flexibility index (Phi) is 5.73. The van der Waals surface area contributed by atoms with Gasteiger partial charge in [-0.05, 0) is 29.3 Å². The number of non-ortho nitro benzene ring substituents is 1. The van der Waals surface area contributed by atoms with Gasteiger partial charge in [0.1, 0.15) is 5.71 Å². The summed E-state index contributed by atoms with van der Waals surface area (Å²) in [5.41, 5.74) is 2.96. The minimum absolute atomic E-state index is 0.0718. The SMILES string of the molecule is O=C1C(=Nc2ccc([N+](=O)[O-])cc2)c2ccccc2N1C(=O)C(c1ccccc1)c1ccccc1. The first-order valence-corrected chi connectivity index (χ1v) is 11.0. The Labute approximate surface area is 201 Å². The number of aliphatic imine (C=N–C) groups is 1. The lowest BCUT2D eigenvalue weighted by atomic mass is 9.90. The second kappa shape index (κ2) is 9.15. The Bertz CT molecular complexity index is 1410. The molecule has 0 unspecified atom stereocenters. The van der Waals surface area contributed by atoms with Gasteiger partial charge in [0.15, 0.2) is 0 Å². The smallest absolute Gasteiger partial charge is 0.273 e. The van der Waals surface area contributed by atoms with E-state index in [0.29, 0.717) is 16.9 Å². The van der Waals surface area contributed by atoms with Crippen LogP contribution in [0, 0.1) is 10.1 Å². The molecule has 1 heterocycles. The van der Waals surface area contributed by atoms with E-state index in [-0.39, 0.29) is 17.3 Å². The molecule has 7 nitrogen and oxygen atoms in total. The van der Waals surface area contributed by atoms with Crippen LogP contribution in [0.3, 0.4) is 0 Å². The highest BCUT2D eigenvalue weighted by Gasteiger charge is 2.41. The van der Waals surface area contributed by atoms with E-state index in [1.165, 1.54) is 29.2 Å². The lowest BCUT2D eigenvalue weighted by molar-refractivity contribution is -0.384. The number of amides is 2. The van der Waals surface area contributed by atoms with Crippen LogP contribution in [-0.4, -0.2) is 22.4 Å². The summed E-state index contributed by atoms with van der Waals surface area (Å²) in [6, 6.07) is 31.3. The molecule has 0 bridgehead atoms. The summed E-state index contributed by atoms with van der Waals surface area (Å²) in [6.45, 7) is 0. The van der Waals surface area contributed by atoms with E-state index in [2.05, 4.69) is 4.99 Å². The number of fused-ring (bicyclic) bond motifs is 1. The van der Waals surface area contributed by atoms with E-state index < -0.39 is 16.7 Å². The molecule has 0 spiro atoms. The molecule has 35 heavy (non-hydrogen) atoms. The largest absolute Gasteiger partial charge is 0.284 e. The van der Waals surface area contributed by atoms with Gasteiger partial charge in [-0.2, -0.15) is 0 Å². The topological polar surface area (TPSA) is 92.9 Å². The summed E-state index contributed by atoms with van der Waals surface area (Å²) >= 11 is 0. The van der Waals surface area contributed by atoms with Crippen molar-refractivity contribution in [1.82, 2.24) is 0 Å². The number of hydrogen-bond donors (Lipinski definition) is 0. The van der Waals surface area contributed by atoms with Crippen molar-refractivity contribution in [3.8, 4) is 0 Å². The Morgan fingerprint density at radius 3 is 1.89 bits per heavy atom. The van der Waals surface area contributed by atoms with Gasteiger partial charge in [-0.15, -0.1) is 0 Å². The Morgan fingerprint density at radius 1 is 0.771 bits per heavy atom. The Balaban J connectivity index is 1.59. The third-order valence-corrected chi connectivity index (χ3v) is 5.84. The van der Waals surface area contributed by atoms with Gasteiger partial charge in [0, 0.05) is 17.7 Å². The molecule has 0 aromatic heterocycles. The summed E-state index contributed by atoms with van der Waals surface area (Å²) in [6.07, 6.45) is 0. The standard InChI is InChI=1S/C28H19N3O4/c32-27(25(19-9-3-1-4-10-19)20-11-5-2-6-12-20)30-24-14-8-7-13-23(24)26(28(30)33)29-21-15-17-22(18-16-21)31(34)35/h1-18,25H. The number of nitro groups is 1. The van der Waals surface area contributed by atoms with E-state index in [9.17, 15) is 19.7 Å². The maximum Gasteiger partial charge on any atom is 0.284 e. The normalized spacial score (nSPS) is 13.8. The van der Waals surface area contributed by atoms with Gasteiger partial charge in [0.2, 0.25) is 5.91 Å². The molecule has 0 fully saturated rings. The fourth-order valence-corrected chi connectivity index (χ4v) is 4.20. The zero-order chi connectivity index (χ0) is 24.4. The molecule has 0 N–H and O–H groups in total. The van der Waals surface area contributed by atoms with Crippen molar-refractivity contribution in [2.75, 3.05) is 4.90 Å². The van der Waals surface area contributed by atoms with Crippen LogP contribution in [0.5, 0.6) is 0 Å². The highest BCUT2D eigenvalue weighted by molar-refractivity contribution is 6.58. The van der Waals surface area contributed by atoms with Gasteiger partial charge in [0.25, 0.3) is 11.6 Å². The summed E-state index contributed by atoms with van der Waals surface area (Å²) in [5, 5.41) is 11.0. The third kappa shape index (κ3) is 4.11. The van der Waals surface area contributed by atoms with Crippen molar-refractivity contribution in [2.45, 2.75) is 5.92 Å². The molecular weight excluding hydrogens is 442 g/mol. The first-order chi connectivity index (χ1) is 17.0. The van der Waals surface area contributed by atoms with Gasteiger partial charge in [0.05, 0.1) is 22.2 Å². The lowest BCUT2D eigenvalue weighted by Crippen LogP contribution is -2.39. The van der Waals surface area contributed by atoms with Gasteiger partial charge < -0.3 is 0 Å². The number of carbonyl (C=O) groups is 2. The summed E-state index contributed by atoms with van der Waals surface area (Å²) < 4.78 is 0. The molecule has 7 heteroatoms. The van der Waals surface area contributed by atoms with Crippen LogP contribution >= 0.6 is 0 Å². The number of rotatable bonds is 5. The predicted octanol–water partition coefficient (Wildman–Crippen LogP) is 5.42. The van der Waals surface area contributed by atoms with Crippen LogP contribution in [0.1, 0.15) is 22.6 Å². The van der Waals surface area contributed by atoms with Crippen molar-refractivity contribution in [2.24, 2.45) is 4.99 Å². The first-order valence-electron chi connectivity index (χ1n) is 11.0. The fraction of sp³-hybridized carbons (Fsp3) is 0.0357. The van der Waals surface area contributed by atoms with E-state index >= 15 is 0 Å². The number of para-hydroxylation sites is 1. The quantitative estimate of drug-likeness (QED) is 0.293. The van der Waals surface area contributed by atoms with Crippen LogP contribution in [0.2, 0.25) is 0 Å². The number of nitrogens with zero attached hydrogens (tertiary/aromatic N) is 3. The van der Waals surface area contributed by atoms with Gasteiger partial charge in [-0.25, -0.2) is 9.89 Å². The van der Waals surface area contributed by atoms with E-state index in [1.54, 1.807) is 24.3 Å². The molecule has 0 radical (unpaired) electrons. The number of nitro benzene ring substituents is 1. The zero-order valence-electron chi connectivity index (χ0n) is 18.4. The van der Waals surface area contributed by atoms with Crippen LogP contribution in [-0.2, 0) is 9.59 Å². The number of anilines is 1. The monoisotopic (exact) mass is 461 g/mol. The molecule has 0 atom stereocenters. The van der Waals surface area contributed by atoms with Crippen molar-refractivity contribution >= 4 is 34.6 Å². The average Bonchev–Trinajstić information content (AvgIpc) is 3.17. The van der Waals surface area contributed by atoms with Crippen molar-refractivity contribution in [3.63, 3.8) is 0 Å². The van der Waals surface area contributed by atoms with Crippen LogP contribution in [0.15, 0.2) is 114 Å². The van der Waals surface area contributed by atoms with E-state index in [0.717, 1.165) is 11.1 Å². The molecule has 2 amide bonds. The average molecular weight is 461 g/mol. The molecule has 0 aliphatic carbocycles. The Hall–Kier alpha value is -4.91. The van der Waals surface area contributed by atoms with Crippen molar-refractivity contribution in [3.05, 3.63) is 136 Å². The predicted molar refractivity (Wildman–Crippen MR) is 133 cm³/mol. The number of carbonyl (C=O) groups excluding carboxylic acids is 2. The van der Waals surface area contributed by atoms with Gasteiger partial charge in [-0.1, -0.05) is 78.9 Å². The summed E-state index contributed by atoms with van der Waals surface area (Å²) in [5.74, 6) is -1.60. The molecule has 4 aromatic carbocycles. The third-order valence-electron chi connectivity index (χ3n) is 5.84. The molecule has 170 valence electrons. The second-order valence-corrected chi connectivity index (χ2v) is 7.98. The number of imide groups is 1. The van der Waals surface area contributed by atoms with Crippen LogP contribution in [0.4, 0.5) is 17.1 Å². The highest BCUT2D eigenvalue weighted by Crippen LogP contribution is 2.36. The van der Waals surface area contributed by atoms with Crippen molar-refractivity contribution < 1.29 is 14.5 Å². The van der Waals surface area contributed by atoms with Crippen LogP contribution < -0.4 is 4.90 Å². The Morgan fingerprint density at radius 2 is 1.31 bits per heavy atom. The zero-order valence-corrected chi connectivity index (χ0v) is 18.4. The maximum absolute atomic E-state index is 14.0. The molecule has 4 aromatic rings. The first kappa shape index (κ1) is 21.9.